The minimum absolute atomic E-state index is 0.251. The van der Waals surface area contributed by atoms with E-state index in [0.717, 1.165) is 56.2 Å². The highest BCUT2D eigenvalue weighted by Crippen LogP contribution is 2.40. The van der Waals surface area contributed by atoms with Crippen molar-refractivity contribution in [3.05, 3.63) is 36.0 Å². The van der Waals surface area contributed by atoms with Crippen LogP contribution in [0.4, 0.5) is 14.5 Å². The lowest BCUT2D eigenvalue weighted by molar-refractivity contribution is 0.234. The Morgan fingerprint density at radius 2 is 1.69 bits per heavy atom. The maximum Gasteiger partial charge on any atom is 0.341 e. The second-order valence-corrected chi connectivity index (χ2v) is 8.74. The van der Waals surface area contributed by atoms with Crippen LogP contribution in [-0.2, 0) is 9.84 Å². The Kier molecular flexibility index (Phi) is 4.42. The highest BCUT2D eigenvalue weighted by atomic mass is 32.2. The first-order valence-electron chi connectivity index (χ1n) is 8.65. The molecule has 1 aliphatic carbocycles. The smallest absolute Gasteiger partial charge is 0.341 e. The van der Waals surface area contributed by atoms with Crippen LogP contribution in [0.15, 0.2) is 33.7 Å². The third kappa shape index (κ3) is 3.32. The number of rotatable bonds is 5. The van der Waals surface area contributed by atoms with E-state index in [9.17, 15) is 17.2 Å². The van der Waals surface area contributed by atoms with Crippen molar-refractivity contribution in [2.45, 2.75) is 48.2 Å². The van der Waals surface area contributed by atoms with Gasteiger partial charge in [-0.2, -0.15) is 13.8 Å². The summed E-state index contributed by atoms with van der Waals surface area (Å²) in [6.07, 6.45) is 3.97. The molecule has 0 bridgehead atoms. The van der Waals surface area contributed by atoms with Gasteiger partial charge in [-0.1, -0.05) is 5.16 Å². The summed E-state index contributed by atoms with van der Waals surface area (Å²) in [5, 5.41) is 4.11. The van der Waals surface area contributed by atoms with Crippen LogP contribution in [0, 0.1) is 0 Å². The zero-order valence-electron chi connectivity index (χ0n) is 14.0. The standard InChI is InChI=1S/C17H19F2N3O3S/c18-17(19)26(23,24)14-5-3-13(4-6-14)22-9-7-11(8-10-22)15-20-16(25-21-15)12-1-2-12/h3-6,11-12,17H,1-2,7-10H2. The van der Waals surface area contributed by atoms with Crippen molar-refractivity contribution in [1.82, 2.24) is 10.1 Å². The minimum atomic E-state index is -4.55. The Hall–Kier alpha value is -2.03. The molecule has 140 valence electrons. The molecule has 1 saturated carbocycles. The molecular weight excluding hydrogens is 364 g/mol. The van der Waals surface area contributed by atoms with Crippen LogP contribution >= 0.6 is 0 Å². The van der Waals surface area contributed by atoms with Crippen molar-refractivity contribution in [3.8, 4) is 0 Å². The molecule has 0 atom stereocenters. The first-order chi connectivity index (χ1) is 12.4. The summed E-state index contributed by atoms with van der Waals surface area (Å²) in [4.78, 5) is 6.27. The number of aromatic nitrogens is 2. The number of hydrogen-bond acceptors (Lipinski definition) is 6. The third-order valence-electron chi connectivity index (χ3n) is 5.01. The van der Waals surface area contributed by atoms with Crippen LogP contribution in [0.25, 0.3) is 0 Å². The molecule has 6 nitrogen and oxygen atoms in total. The van der Waals surface area contributed by atoms with Crippen LogP contribution in [0.2, 0.25) is 0 Å². The molecule has 2 aromatic rings. The molecule has 0 amide bonds. The lowest BCUT2D eigenvalue weighted by Crippen LogP contribution is -2.33. The maximum absolute atomic E-state index is 12.6. The molecule has 2 aliphatic rings. The van der Waals surface area contributed by atoms with Crippen LogP contribution in [-0.4, -0.2) is 37.4 Å². The molecule has 1 aromatic carbocycles. The molecule has 4 rings (SSSR count). The van der Waals surface area contributed by atoms with Gasteiger partial charge in [0.05, 0.1) is 4.90 Å². The average molecular weight is 383 g/mol. The Morgan fingerprint density at radius 3 is 2.27 bits per heavy atom. The van der Waals surface area contributed by atoms with Gasteiger partial charge in [0.25, 0.3) is 0 Å². The largest absolute Gasteiger partial charge is 0.371 e. The maximum atomic E-state index is 12.6. The van der Waals surface area contributed by atoms with Gasteiger partial charge in [-0.3, -0.25) is 0 Å². The Balaban J connectivity index is 1.39. The summed E-state index contributed by atoms with van der Waals surface area (Å²) < 4.78 is 53.5. The number of nitrogens with zero attached hydrogens (tertiary/aromatic N) is 3. The van der Waals surface area contributed by atoms with Gasteiger partial charge < -0.3 is 9.42 Å². The Labute approximate surface area is 150 Å². The first-order valence-corrected chi connectivity index (χ1v) is 10.2. The van der Waals surface area contributed by atoms with Crippen LogP contribution < -0.4 is 4.90 Å². The minimum Gasteiger partial charge on any atom is -0.371 e. The second-order valence-electron chi connectivity index (χ2n) is 6.83. The molecule has 2 heterocycles. The molecule has 0 spiro atoms. The topological polar surface area (TPSA) is 76.3 Å². The van der Waals surface area contributed by atoms with Crippen LogP contribution in [0.5, 0.6) is 0 Å². The zero-order valence-corrected chi connectivity index (χ0v) is 14.8. The molecule has 2 fully saturated rings. The SMILES string of the molecule is O=S(=O)(c1ccc(N2CCC(c3noc(C4CC4)n3)CC2)cc1)C(F)F. The fraction of sp³-hybridized carbons (Fsp3) is 0.529. The molecule has 0 N–H and O–H groups in total. The summed E-state index contributed by atoms with van der Waals surface area (Å²) >= 11 is 0. The summed E-state index contributed by atoms with van der Waals surface area (Å²) in [6.45, 7) is 1.53. The van der Waals surface area contributed by atoms with E-state index in [1.54, 1.807) is 12.1 Å². The van der Waals surface area contributed by atoms with E-state index >= 15 is 0 Å². The number of halogens is 2. The van der Waals surface area contributed by atoms with Gasteiger partial charge in [0.1, 0.15) is 0 Å². The van der Waals surface area contributed by atoms with Crippen molar-refractivity contribution < 1.29 is 21.7 Å². The molecule has 1 saturated heterocycles. The zero-order chi connectivity index (χ0) is 18.3. The Morgan fingerprint density at radius 1 is 1.04 bits per heavy atom. The molecule has 0 radical (unpaired) electrons. The lowest BCUT2D eigenvalue weighted by Gasteiger charge is -2.32. The lowest BCUT2D eigenvalue weighted by atomic mass is 9.96. The van der Waals surface area contributed by atoms with Gasteiger partial charge in [-0.25, -0.2) is 8.42 Å². The van der Waals surface area contributed by atoms with Gasteiger partial charge in [-0.15, -0.1) is 0 Å². The summed E-state index contributed by atoms with van der Waals surface area (Å²) in [5.41, 5.74) is 0.823. The van der Waals surface area contributed by atoms with Gasteiger partial charge in [0.2, 0.25) is 15.7 Å². The van der Waals surface area contributed by atoms with Crippen molar-refractivity contribution in [2.75, 3.05) is 18.0 Å². The number of benzene rings is 1. The van der Waals surface area contributed by atoms with E-state index in [4.69, 9.17) is 4.52 Å². The van der Waals surface area contributed by atoms with E-state index in [1.807, 2.05) is 0 Å². The normalized spacial score (nSPS) is 19.3. The van der Waals surface area contributed by atoms with E-state index < -0.39 is 15.6 Å². The van der Waals surface area contributed by atoms with Crippen molar-refractivity contribution >= 4 is 15.5 Å². The predicted octanol–water partition coefficient (Wildman–Crippen LogP) is 3.33. The van der Waals surface area contributed by atoms with Crippen molar-refractivity contribution in [2.24, 2.45) is 0 Å². The molecule has 1 aromatic heterocycles. The van der Waals surface area contributed by atoms with Gasteiger partial charge in [-0.05, 0) is 49.9 Å². The fourth-order valence-electron chi connectivity index (χ4n) is 3.25. The first kappa shape index (κ1) is 17.4. The highest BCUT2D eigenvalue weighted by Gasteiger charge is 2.32. The monoisotopic (exact) mass is 383 g/mol. The highest BCUT2D eigenvalue weighted by molar-refractivity contribution is 7.91. The summed E-state index contributed by atoms with van der Waals surface area (Å²) in [7, 11) is -4.55. The van der Waals surface area contributed by atoms with Crippen molar-refractivity contribution in [1.29, 1.82) is 0 Å². The van der Waals surface area contributed by atoms with Gasteiger partial charge in [0, 0.05) is 30.6 Å². The van der Waals surface area contributed by atoms with E-state index in [0.29, 0.717) is 5.92 Å². The Bertz CT molecular complexity index is 871. The predicted molar refractivity (Wildman–Crippen MR) is 90.1 cm³/mol. The quantitative estimate of drug-likeness (QED) is 0.788. The number of piperidine rings is 1. The molecule has 9 heteroatoms. The van der Waals surface area contributed by atoms with E-state index in [1.165, 1.54) is 12.1 Å². The number of hydrogen-bond donors (Lipinski definition) is 0. The van der Waals surface area contributed by atoms with E-state index in [2.05, 4.69) is 15.0 Å². The average Bonchev–Trinajstić information content (AvgIpc) is 3.39. The van der Waals surface area contributed by atoms with E-state index in [-0.39, 0.29) is 10.8 Å². The molecular formula is C17H19F2N3O3S. The number of alkyl halides is 2. The van der Waals surface area contributed by atoms with Crippen molar-refractivity contribution in [3.63, 3.8) is 0 Å². The van der Waals surface area contributed by atoms with Gasteiger partial charge in [0.15, 0.2) is 5.82 Å². The summed E-state index contributed by atoms with van der Waals surface area (Å²) in [5.74, 6) is -1.19. The second kappa shape index (κ2) is 6.61. The van der Waals surface area contributed by atoms with Crippen LogP contribution in [0.3, 0.4) is 0 Å². The summed E-state index contributed by atoms with van der Waals surface area (Å²) in [6, 6.07) is 5.64. The fourth-order valence-corrected chi connectivity index (χ4v) is 3.98. The molecule has 0 unspecified atom stereocenters. The number of sulfone groups is 1. The third-order valence-corrected chi connectivity index (χ3v) is 6.41. The van der Waals surface area contributed by atoms with Gasteiger partial charge >= 0.3 is 5.76 Å². The molecule has 26 heavy (non-hydrogen) atoms. The number of anilines is 1. The molecule has 1 aliphatic heterocycles. The van der Waals surface area contributed by atoms with Crippen LogP contribution in [0.1, 0.15) is 49.2 Å².